The van der Waals surface area contributed by atoms with Crippen LogP contribution in [0.5, 0.6) is 0 Å². The zero-order chi connectivity index (χ0) is 18.0. The smallest absolute Gasteiger partial charge is 0.0700 e. The molecule has 0 saturated heterocycles. The number of rotatable bonds is 10. The first kappa shape index (κ1) is 18.9. The van der Waals surface area contributed by atoms with Crippen molar-refractivity contribution in [2.75, 3.05) is 51.5 Å². The second-order valence-corrected chi connectivity index (χ2v) is 6.62. The van der Waals surface area contributed by atoms with E-state index in [2.05, 4.69) is 58.7 Å². The number of aryl methyl sites for hydroxylation is 2. The lowest BCUT2D eigenvalue weighted by atomic mass is 10.0. The molecule has 0 unspecified atom stereocenters. The van der Waals surface area contributed by atoms with E-state index in [-0.39, 0.29) is 0 Å². The van der Waals surface area contributed by atoms with Gasteiger partial charge in [0.15, 0.2) is 0 Å². The molecule has 1 aliphatic heterocycles. The highest BCUT2D eigenvalue weighted by Gasteiger charge is 2.19. The van der Waals surface area contributed by atoms with Crippen LogP contribution in [0.4, 0.5) is 11.4 Å². The Morgan fingerprint density at radius 2 is 1.50 bits per heavy atom. The zero-order valence-corrected chi connectivity index (χ0v) is 15.7. The van der Waals surface area contributed by atoms with Crippen molar-refractivity contribution in [1.82, 2.24) is 5.32 Å². The van der Waals surface area contributed by atoms with Crippen LogP contribution in [-0.4, -0.2) is 46.6 Å². The van der Waals surface area contributed by atoms with Crippen LogP contribution >= 0.6 is 0 Å². The number of hydrogen-bond acceptors (Lipinski definition) is 4. The average molecular weight is 354 g/mol. The van der Waals surface area contributed by atoms with Crippen LogP contribution in [0.2, 0.25) is 0 Å². The van der Waals surface area contributed by atoms with Gasteiger partial charge in [0.05, 0.1) is 19.8 Å². The third-order valence-corrected chi connectivity index (χ3v) is 4.82. The molecule has 0 spiro atoms. The van der Waals surface area contributed by atoms with Gasteiger partial charge in [-0.15, -0.1) is 0 Å². The third kappa shape index (κ3) is 5.07. The highest BCUT2D eigenvalue weighted by atomic mass is 16.5. The average Bonchev–Trinajstić information content (AvgIpc) is 2.84. The lowest BCUT2D eigenvalue weighted by Crippen LogP contribution is -2.26. The van der Waals surface area contributed by atoms with Gasteiger partial charge in [-0.3, -0.25) is 0 Å². The molecule has 2 aromatic rings. The molecule has 3 rings (SSSR count). The van der Waals surface area contributed by atoms with Crippen molar-refractivity contribution in [3.05, 3.63) is 59.7 Å². The third-order valence-electron chi connectivity index (χ3n) is 4.82. The van der Waals surface area contributed by atoms with E-state index in [4.69, 9.17) is 9.47 Å². The predicted octanol–water partition coefficient (Wildman–Crippen LogP) is 3.57. The fourth-order valence-corrected chi connectivity index (χ4v) is 3.49. The quantitative estimate of drug-likeness (QED) is 0.662. The number of fused-ring (bicyclic) bond motifs is 2. The highest BCUT2D eigenvalue weighted by Crippen LogP contribution is 2.35. The molecule has 0 aromatic heterocycles. The minimum atomic E-state index is 0.660. The summed E-state index contributed by atoms with van der Waals surface area (Å²) in [5, 5.41) is 3.47. The number of methoxy groups -OCH3 is 1. The van der Waals surface area contributed by atoms with Gasteiger partial charge in [-0.2, -0.15) is 0 Å². The second-order valence-electron chi connectivity index (χ2n) is 6.62. The summed E-state index contributed by atoms with van der Waals surface area (Å²) in [4.78, 5) is 2.49. The van der Waals surface area contributed by atoms with E-state index < -0.39 is 0 Å². The molecule has 0 amide bonds. The van der Waals surface area contributed by atoms with Crippen molar-refractivity contribution in [3.63, 3.8) is 0 Å². The lowest BCUT2D eigenvalue weighted by molar-refractivity contribution is 0.0720. The molecule has 0 saturated carbocycles. The summed E-state index contributed by atoms with van der Waals surface area (Å²) in [7, 11) is 1.70. The van der Waals surface area contributed by atoms with Gasteiger partial charge in [-0.25, -0.2) is 0 Å². The standard InChI is InChI=1S/C22H30N2O2/c1-25-17-18-26-16-14-23-13-6-15-24-21-9-4-2-7-19(21)11-12-20-8-3-5-10-22(20)24/h2-5,7-10,23H,6,11-18H2,1H3. The number of nitrogens with one attached hydrogen (secondary N) is 1. The molecule has 4 heteroatoms. The largest absolute Gasteiger partial charge is 0.382 e. The molecule has 0 aliphatic carbocycles. The number of nitrogens with zero attached hydrogens (tertiary/aromatic N) is 1. The van der Waals surface area contributed by atoms with E-state index in [1.165, 1.54) is 22.5 Å². The van der Waals surface area contributed by atoms with Crippen LogP contribution < -0.4 is 10.2 Å². The maximum atomic E-state index is 5.48. The number of hydrogen-bond donors (Lipinski definition) is 1. The summed E-state index contributed by atoms with van der Waals surface area (Å²) in [6.07, 6.45) is 3.32. The molecular weight excluding hydrogens is 324 g/mol. The molecule has 0 radical (unpaired) electrons. The molecule has 140 valence electrons. The Hall–Kier alpha value is -1.88. The maximum absolute atomic E-state index is 5.48. The van der Waals surface area contributed by atoms with Gasteiger partial charge in [0.1, 0.15) is 0 Å². The van der Waals surface area contributed by atoms with Gasteiger partial charge in [-0.05, 0) is 49.1 Å². The molecule has 0 bridgehead atoms. The maximum Gasteiger partial charge on any atom is 0.0700 e. The molecule has 1 heterocycles. The first-order valence-corrected chi connectivity index (χ1v) is 9.61. The first-order chi connectivity index (χ1) is 12.9. The van der Waals surface area contributed by atoms with Crippen molar-refractivity contribution >= 4 is 11.4 Å². The Balaban J connectivity index is 1.54. The summed E-state index contributed by atoms with van der Waals surface area (Å²) in [5.41, 5.74) is 5.62. The Labute approximate surface area is 157 Å². The van der Waals surface area contributed by atoms with Crippen molar-refractivity contribution in [1.29, 1.82) is 0 Å². The van der Waals surface area contributed by atoms with E-state index in [1.807, 2.05) is 0 Å². The Bertz CT molecular complexity index is 627. The molecule has 26 heavy (non-hydrogen) atoms. The Morgan fingerprint density at radius 3 is 2.15 bits per heavy atom. The fraction of sp³-hybridized carbons (Fsp3) is 0.455. The summed E-state index contributed by atoms with van der Waals surface area (Å²) in [6, 6.07) is 17.7. The van der Waals surface area contributed by atoms with Crippen LogP contribution in [0.15, 0.2) is 48.5 Å². The van der Waals surface area contributed by atoms with E-state index >= 15 is 0 Å². The molecule has 1 N–H and O–H groups in total. The van der Waals surface area contributed by atoms with E-state index in [0.717, 1.165) is 45.5 Å². The topological polar surface area (TPSA) is 33.7 Å². The van der Waals surface area contributed by atoms with Gasteiger partial charge >= 0.3 is 0 Å². The summed E-state index contributed by atoms with van der Waals surface area (Å²) in [5.74, 6) is 0. The SMILES string of the molecule is COCCOCCNCCCN1c2ccccc2CCc2ccccc21. The van der Waals surface area contributed by atoms with E-state index in [1.54, 1.807) is 7.11 Å². The first-order valence-electron chi connectivity index (χ1n) is 9.61. The van der Waals surface area contributed by atoms with Gasteiger partial charge in [-0.1, -0.05) is 36.4 Å². The molecule has 1 aliphatic rings. The van der Waals surface area contributed by atoms with Gasteiger partial charge in [0, 0.05) is 31.6 Å². The number of anilines is 2. The van der Waals surface area contributed by atoms with Crippen molar-refractivity contribution in [2.45, 2.75) is 19.3 Å². The summed E-state index contributed by atoms with van der Waals surface area (Å²) in [6.45, 7) is 4.96. The van der Waals surface area contributed by atoms with Gasteiger partial charge < -0.3 is 19.7 Å². The van der Waals surface area contributed by atoms with Crippen molar-refractivity contribution < 1.29 is 9.47 Å². The molecule has 2 aromatic carbocycles. The summed E-state index contributed by atoms with van der Waals surface area (Å²) < 4.78 is 10.5. The number of ether oxygens (including phenoxy) is 2. The number of benzene rings is 2. The van der Waals surface area contributed by atoms with Gasteiger partial charge in [0.2, 0.25) is 0 Å². The van der Waals surface area contributed by atoms with Crippen LogP contribution in [0.1, 0.15) is 17.5 Å². The highest BCUT2D eigenvalue weighted by molar-refractivity contribution is 5.71. The van der Waals surface area contributed by atoms with E-state index in [9.17, 15) is 0 Å². The predicted molar refractivity (Wildman–Crippen MR) is 107 cm³/mol. The zero-order valence-electron chi connectivity index (χ0n) is 15.7. The van der Waals surface area contributed by atoms with Crippen LogP contribution in [0.3, 0.4) is 0 Å². The minimum absolute atomic E-state index is 0.660. The molecule has 4 nitrogen and oxygen atoms in total. The van der Waals surface area contributed by atoms with Crippen molar-refractivity contribution in [3.8, 4) is 0 Å². The summed E-state index contributed by atoms with van der Waals surface area (Å²) >= 11 is 0. The number of para-hydroxylation sites is 2. The molecular formula is C22H30N2O2. The minimum Gasteiger partial charge on any atom is -0.382 e. The van der Waals surface area contributed by atoms with Crippen LogP contribution in [-0.2, 0) is 22.3 Å². The van der Waals surface area contributed by atoms with Crippen LogP contribution in [0.25, 0.3) is 0 Å². The fourth-order valence-electron chi connectivity index (χ4n) is 3.49. The molecule has 0 atom stereocenters. The normalized spacial score (nSPS) is 13.2. The van der Waals surface area contributed by atoms with Gasteiger partial charge in [0.25, 0.3) is 0 Å². The Kier molecular flexibility index (Phi) is 7.50. The Morgan fingerprint density at radius 1 is 0.846 bits per heavy atom. The lowest BCUT2D eigenvalue weighted by Gasteiger charge is -2.27. The molecule has 0 fully saturated rings. The van der Waals surface area contributed by atoms with Crippen molar-refractivity contribution in [2.24, 2.45) is 0 Å². The van der Waals surface area contributed by atoms with E-state index in [0.29, 0.717) is 13.2 Å². The van der Waals surface area contributed by atoms with Crippen LogP contribution in [0, 0.1) is 0 Å². The second kappa shape index (κ2) is 10.3. The monoisotopic (exact) mass is 354 g/mol.